The lowest BCUT2D eigenvalue weighted by Gasteiger charge is -2.26. The van der Waals surface area contributed by atoms with Gasteiger partial charge in [-0.3, -0.25) is 14.8 Å². The van der Waals surface area contributed by atoms with E-state index in [-0.39, 0.29) is 5.91 Å². The molecule has 0 atom stereocenters. The Morgan fingerprint density at radius 3 is 2.71 bits per heavy atom. The van der Waals surface area contributed by atoms with Gasteiger partial charge in [-0.15, -0.1) is 0 Å². The van der Waals surface area contributed by atoms with Crippen LogP contribution in [0.5, 0.6) is 0 Å². The van der Waals surface area contributed by atoms with Crippen molar-refractivity contribution in [3.8, 4) is 0 Å². The molecule has 0 unspecified atom stereocenters. The first-order valence-corrected chi connectivity index (χ1v) is 8.18. The average molecular weight is 304 g/mol. The van der Waals surface area contributed by atoms with Crippen molar-refractivity contribution in [2.75, 3.05) is 30.0 Å². The monoisotopic (exact) mass is 304 g/mol. The summed E-state index contributed by atoms with van der Waals surface area (Å²) in [6.07, 6.45) is 0. The summed E-state index contributed by atoms with van der Waals surface area (Å²) in [6, 6.07) is 9.17. The molecule has 1 aromatic carbocycles. The molecule has 1 fully saturated rings. The van der Waals surface area contributed by atoms with Crippen molar-refractivity contribution in [2.45, 2.75) is 0 Å². The number of hydrazine groups is 1. The Hall–Kier alpha value is -1.99. The van der Waals surface area contributed by atoms with E-state index in [1.807, 2.05) is 24.3 Å². The molecule has 7 heteroatoms. The number of carbonyl (C=O) groups excluding carboxylic acids is 1. The molecule has 1 aromatic heterocycles. The number of nitrogens with one attached hydrogen (secondary N) is 1. The van der Waals surface area contributed by atoms with Gasteiger partial charge >= 0.3 is 0 Å². The number of amides is 1. The van der Waals surface area contributed by atoms with E-state index in [1.54, 1.807) is 11.0 Å². The highest BCUT2D eigenvalue weighted by molar-refractivity contribution is 7.85. The summed E-state index contributed by atoms with van der Waals surface area (Å²) in [7, 11) is -0.809. The molecule has 1 aliphatic rings. The summed E-state index contributed by atoms with van der Waals surface area (Å²) in [5.74, 6) is 6.45. The summed E-state index contributed by atoms with van der Waals surface area (Å²) in [5.41, 5.74) is 4.36. The molecule has 1 aliphatic heterocycles. The topological polar surface area (TPSA) is 88.3 Å². The molecule has 0 aliphatic carbocycles. The van der Waals surface area contributed by atoms with Crippen LogP contribution in [-0.2, 0) is 10.8 Å². The molecule has 6 nitrogen and oxygen atoms in total. The van der Waals surface area contributed by atoms with E-state index in [4.69, 9.17) is 5.84 Å². The molecule has 1 saturated heterocycles. The molecule has 0 spiro atoms. The third-order valence-electron chi connectivity index (χ3n) is 3.56. The van der Waals surface area contributed by atoms with Gasteiger partial charge in [-0.05, 0) is 12.1 Å². The normalized spacial score (nSPS) is 16.1. The summed E-state index contributed by atoms with van der Waals surface area (Å²) in [5, 5.41) is 0.872. The Kier molecular flexibility index (Phi) is 3.85. The van der Waals surface area contributed by atoms with Crippen molar-refractivity contribution in [3.05, 3.63) is 36.0 Å². The van der Waals surface area contributed by atoms with Crippen LogP contribution in [0, 0.1) is 0 Å². The van der Waals surface area contributed by atoms with Crippen LogP contribution in [0.3, 0.4) is 0 Å². The molecule has 0 bridgehead atoms. The van der Waals surface area contributed by atoms with Crippen molar-refractivity contribution in [1.82, 2.24) is 9.88 Å². The molecule has 1 amide bonds. The second kappa shape index (κ2) is 5.79. The lowest BCUT2D eigenvalue weighted by Crippen LogP contribution is -2.42. The van der Waals surface area contributed by atoms with Gasteiger partial charge in [0.1, 0.15) is 5.69 Å². The number of nitrogens with zero attached hydrogens (tertiary/aromatic N) is 2. The fourth-order valence-electron chi connectivity index (χ4n) is 2.41. The van der Waals surface area contributed by atoms with Gasteiger partial charge in [0.25, 0.3) is 5.91 Å². The number of benzene rings is 1. The number of nitrogens with two attached hydrogens (primary N) is 1. The maximum Gasteiger partial charge on any atom is 0.272 e. The molecule has 2 heterocycles. The van der Waals surface area contributed by atoms with E-state index in [1.165, 1.54) is 0 Å². The zero-order chi connectivity index (χ0) is 14.8. The van der Waals surface area contributed by atoms with E-state index < -0.39 is 10.8 Å². The van der Waals surface area contributed by atoms with Crippen LogP contribution in [0.25, 0.3) is 10.9 Å². The number of aromatic nitrogens is 1. The standard InChI is InChI=1S/C14H16N4O2S/c15-17-12-9-13(16-11-4-2-1-3-10(11)12)14(19)18-5-7-21(20)8-6-18/h1-4,9H,5-8,15H2,(H,16,17). The van der Waals surface area contributed by atoms with Crippen molar-refractivity contribution in [2.24, 2.45) is 5.84 Å². The van der Waals surface area contributed by atoms with Gasteiger partial charge in [0.15, 0.2) is 0 Å². The summed E-state index contributed by atoms with van der Waals surface area (Å²) < 4.78 is 11.4. The van der Waals surface area contributed by atoms with E-state index in [2.05, 4.69) is 10.4 Å². The van der Waals surface area contributed by atoms with Gasteiger partial charge in [-0.25, -0.2) is 4.98 Å². The van der Waals surface area contributed by atoms with Crippen LogP contribution in [0.2, 0.25) is 0 Å². The van der Waals surface area contributed by atoms with Gasteiger partial charge in [-0.2, -0.15) is 0 Å². The van der Waals surface area contributed by atoms with Crippen molar-refractivity contribution < 1.29 is 9.00 Å². The number of anilines is 1. The van der Waals surface area contributed by atoms with E-state index in [0.717, 1.165) is 10.9 Å². The first kappa shape index (κ1) is 14.0. The Balaban J connectivity index is 1.96. The number of hydrogen-bond acceptors (Lipinski definition) is 5. The molecule has 21 heavy (non-hydrogen) atoms. The fraction of sp³-hybridized carbons (Fsp3) is 0.286. The van der Waals surface area contributed by atoms with E-state index >= 15 is 0 Å². The molecular formula is C14H16N4O2S. The summed E-state index contributed by atoms with van der Waals surface area (Å²) >= 11 is 0. The third kappa shape index (κ3) is 2.74. The fourth-order valence-corrected chi connectivity index (χ4v) is 3.46. The number of para-hydroxylation sites is 1. The van der Waals surface area contributed by atoms with Gasteiger partial charge in [0, 0.05) is 40.8 Å². The molecule has 3 rings (SSSR count). The van der Waals surface area contributed by atoms with Crippen molar-refractivity contribution >= 4 is 33.3 Å². The molecule has 2 aromatic rings. The highest BCUT2D eigenvalue weighted by atomic mass is 32.2. The number of hydrogen-bond donors (Lipinski definition) is 2. The second-order valence-electron chi connectivity index (χ2n) is 4.86. The summed E-state index contributed by atoms with van der Waals surface area (Å²) in [6.45, 7) is 1.01. The minimum atomic E-state index is -0.809. The van der Waals surface area contributed by atoms with Crippen LogP contribution in [-0.4, -0.2) is 44.6 Å². The first-order chi connectivity index (χ1) is 10.2. The zero-order valence-electron chi connectivity index (χ0n) is 11.4. The Morgan fingerprint density at radius 1 is 1.29 bits per heavy atom. The third-order valence-corrected chi connectivity index (χ3v) is 4.83. The average Bonchev–Trinajstić information content (AvgIpc) is 2.53. The maximum absolute atomic E-state index is 12.5. The number of carbonyl (C=O) groups is 1. The SMILES string of the molecule is NNc1cc(C(=O)N2CCS(=O)CC2)nc2ccccc12. The van der Waals surface area contributed by atoms with Crippen molar-refractivity contribution in [3.63, 3.8) is 0 Å². The Labute approximate surface area is 124 Å². The Morgan fingerprint density at radius 2 is 2.00 bits per heavy atom. The molecule has 110 valence electrons. The van der Waals surface area contributed by atoms with Crippen LogP contribution in [0.15, 0.2) is 30.3 Å². The predicted octanol–water partition coefficient (Wildman–Crippen LogP) is 0.725. The number of pyridine rings is 1. The summed E-state index contributed by atoms with van der Waals surface area (Å²) in [4.78, 5) is 18.6. The minimum Gasteiger partial charge on any atom is -0.335 e. The van der Waals surface area contributed by atoms with E-state index in [9.17, 15) is 9.00 Å². The predicted molar refractivity (Wildman–Crippen MR) is 83.3 cm³/mol. The van der Waals surface area contributed by atoms with Crippen LogP contribution < -0.4 is 11.3 Å². The Bertz CT molecular complexity index is 709. The van der Waals surface area contributed by atoms with Gasteiger partial charge in [0.05, 0.1) is 11.2 Å². The quantitative estimate of drug-likeness (QED) is 0.630. The second-order valence-corrected chi connectivity index (χ2v) is 6.55. The van der Waals surface area contributed by atoms with Crippen LogP contribution in [0.1, 0.15) is 10.5 Å². The largest absolute Gasteiger partial charge is 0.335 e. The molecule has 0 radical (unpaired) electrons. The zero-order valence-corrected chi connectivity index (χ0v) is 12.2. The van der Waals surface area contributed by atoms with Crippen LogP contribution >= 0.6 is 0 Å². The van der Waals surface area contributed by atoms with Gasteiger partial charge < -0.3 is 10.3 Å². The number of rotatable bonds is 2. The first-order valence-electron chi connectivity index (χ1n) is 6.69. The molecule has 0 saturated carbocycles. The lowest BCUT2D eigenvalue weighted by molar-refractivity contribution is 0.0766. The minimum absolute atomic E-state index is 0.144. The molecular weight excluding hydrogens is 288 g/mol. The maximum atomic E-state index is 12.5. The van der Waals surface area contributed by atoms with E-state index in [0.29, 0.717) is 36.0 Å². The number of nitrogen functional groups attached to an aromatic ring is 1. The lowest BCUT2D eigenvalue weighted by atomic mass is 10.1. The number of fused-ring (bicyclic) bond motifs is 1. The van der Waals surface area contributed by atoms with Gasteiger partial charge in [0.2, 0.25) is 0 Å². The molecule has 3 N–H and O–H groups in total. The highest BCUT2D eigenvalue weighted by Gasteiger charge is 2.23. The van der Waals surface area contributed by atoms with Crippen molar-refractivity contribution in [1.29, 1.82) is 0 Å². The highest BCUT2D eigenvalue weighted by Crippen LogP contribution is 2.23. The van der Waals surface area contributed by atoms with Gasteiger partial charge in [-0.1, -0.05) is 18.2 Å². The smallest absolute Gasteiger partial charge is 0.272 e. The van der Waals surface area contributed by atoms with Crippen LogP contribution in [0.4, 0.5) is 5.69 Å².